The number of hydrogen-bond donors (Lipinski definition) is 1. The standard InChI is InChI=1S/C10H20O5/c1-6-7(12-3)10(2,11)8(13-4)9(14-5)15-6/h6-9,11H,1-5H3/t6-,7-,8-,9+,10+/m0/s1. The molecule has 0 aromatic carbocycles. The van der Waals surface area contributed by atoms with Gasteiger partial charge < -0.3 is 24.1 Å². The second-order valence-electron chi connectivity index (χ2n) is 3.98. The molecule has 0 bridgehead atoms. The molecule has 1 aliphatic heterocycles. The third kappa shape index (κ3) is 2.16. The first-order valence-corrected chi connectivity index (χ1v) is 4.95. The number of aliphatic hydroxyl groups is 1. The molecule has 1 rings (SSSR count). The largest absolute Gasteiger partial charge is 0.384 e. The minimum atomic E-state index is -1.14. The van der Waals surface area contributed by atoms with Gasteiger partial charge in [-0.05, 0) is 13.8 Å². The fourth-order valence-electron chi connectivity index (χ4n) is 2.23. The van der Waals surface area contributed by atoms with Gasteiger partial charge in [0.05, 0.1) is 6.10 Å². The smallest absolute Gasteiger partial charge is 0.186 e. The van der Waals surface area contributed by atoms with Crippen molar-refractivity contribution in [3.63, 3.8) is 0 Å². The Balaban J connectivity index is 2.92. The van der Waals surface area contributed by atoms with Crippen molar-refractivity contribution in [2.24, 2.45) is 0 Å². The van der Waals surface area contributed by atoms with E-state index in [-0.39, 0.29) is 6.10 Å². The Hall–Kier alpha value is -0.200. The molecule has 5 heteroatoms. The quantitative estimate of drug-likeness (QED) is 0.734. The van der Waals surface area contributed by atoms with Crippen LogP contribution in [0.15, 0.2) is 0 Å². The van der Waals surface area contributed by atoms with E-state index in [0.29, 0.717) is 0 Å². The van der Waals surface area contributed by atoms with E-state index in [1.54, 1.807) is 14.0 Å². The average Bonchev–Trinajstić information content (AvgIpc) is 2.16. The molecule has 1 fully saturated rings. The molecular weight excluding hydrogens is 200 g/mol. The van der Waals surface area contributed by atoms with Crippen molar-refractivity contribution < 1.29 is 24.1 Å². The van der Waals surface area contributed by atoms with Crippen LogP contribution < -0.4 is 0 Å². The van der Waals surface area contributed by atoms with Crippen molar-refractivity contribution in [1.29, 1.82) is 0 Å². The molecule has 0 spiro atoms. The minimum Gasteiger partial charge on any atom is -0.384 e. The summed E-state index contributed by atoms with van der Waals surface area (Å²) in [7, 11) is 4.57. The van der Waals surface area contributed by atoms with Crippen LogP contribution in [0.25, 0.3) is 0 Å². The highest BCUT2D eigenvalue weighted by atomic mass is 16.7. The molecule has 0 aromatic heterocycles. The average molecular weight is 220 g/mol. The molecule has 0 radical (unpaired) electrons. The van der Waals surface area contributed by atoms with Crippen LogP contribution in [0.1, 0.15) is 13.8 Å². The van der Waals surface area contributed by atoms with Crippen molar-refractivity contribution in [3.05, 3.63) is 0 Å². The van der Waals surface area contributed by atoms with Gasteiger partial charge in [-0.3, -0.25) is 0 Å². The van der Waals surface area contributed by atoms with Crippen LogP contribution in [0.2, 0.25) is 0 Å². The summed E-state index contributed by atoms with van der Waals surface area (Å²) in [4.78, 5) is 0. The monoisotopic (exact) mass is 220 g/mol. The fourth-order valence-corrected chi connectivity index (χ4v) is 2.23. The third-order valence-electron chi connectivity index (χ3n) is 2.91. The Kier molecular flexibility index (Phi) is 4.08. The summed E-state index contributed by atoms with van der Waals surface area (Å²) in [6, 6.07) is 0. The summed E-state index contributed by atoms with van der Waals surface area (Å²) >= 11 is 0. The van der Waals surface area contributed by atoms with Gasteiger partial charge in [0.2, 0.25) is 0 Å². The highest BCUT2D eigenvalue weighted by Crippen LogP contribution is 2.33. The summed E-state index contributed by atoms with van der Waals surface area (Å²) in [6.45, 7) is 3.50. The van der Waals surface area contributed by atoms with Gasteiger partial charge in [0, 0.05) is 21.3 Å². The lowest BCUT2D eigenvalue weighted by molar-refractivity contribution is -0.324. The molecule has 0 aliphatic carbocycles. The van der Waals surface area contributed by atoms with Gasteiger partial charge in [-0.2, -0.15) is 0 Å². The zero-order valence-electron chi connectivity index (χ0n) is 9.89. The molecule has 0 aromatic rings. The normalized spacial score (nSPS) is 46.8. The summed E-state index contributed by atoms with van der Waals surface area (Å²) in [5.74, 6) is 0. The van der Waals surface area contributed by atoms with E-state index in [9.17, 15) is 5.11 Å². The molecule has 5 nitrogen and oxygen atoms in total. The summed E-state index contributed by atoms with van der Waals surface area (Å²) in [6.07, 6.45) is -1.83. The first-order valence-electron chi connectivity index (χ1n) is 4.95. The topological polar surface area (TPSA) is 57.2 Å². The van der Waals surface area contributed by atoms with Gasteiger partial charge in [-0.25, -0.2) is 0 Å². The number of rotatable bonds is 3. The van der Waals surface area contributed by atoms with Crippen molar-refractivity contribution in [2.75, 3.05) is 21.3 Å². The lowest BCUT2D eigenvalue weighted by Crippen LogP contribution is -2.65. The highest BCUT2D eigenvalue weighted by Gasteiger charge is 2.52. The van der Waals surface area contributed by atoms with Gasteiger partial charge >= 0.3 is 0 Å². The van der Waals surface area contributed by atoms with E-state index >= 15 is 0 Å². The van der Waals surface area contributed by atoms with Gasteiger partial charge in [-0.1, -0.05) is 0 Å². The molecule has 1 saturated heterocycles. The minimum absolute atomic E-state index is 0.249. The van der Waals surface area contributed by atoms with Gasteiger partial charge in [0.15, 0.2) is 6.29 Å². The van der Waals surface area contributed by atoms with Gasteiger partial charge in [-0.15, -0.1) is 0 Å². The Morgan fingerprint density at radius 2 is 1.60 bits per heavy atom. The lowest BCUT2D eigenvalue weighted by Gasteiger charge is -2.47. The van der Waals surface area contributed by atoms with Crippen molar-refractivity contribution in [1.82, 2.24) is 0 Å². The molecule has 0 unspecified atom stereocenters. The summed E-state index contributed by atoms with van der Waals surface area (Å²) in [5.41, 5.74) is -1.14. The van der Waals surface area contributed by atoms with Crippen LogP contribution >= 0.6 is 0 Å². The summed E-state index contributed by atoms with van der Waals surface area (Å²) in [5, 5.41) is 10.4. The third-order valence-corrected chi connectivity index (χ3v) is 2.91. The predicted octanol–water partition coefficient (Wildman–Crippen LogP) is 0.159. The predicted molar refractivity (Wildman–Crippen MR) is 53.6 cm³/mol. The fraction of sp³-hybridized carbons (Fsp3) is 1.00. The van der Waals surface area contributed by atoms with E-state index in [1.165, 1.54) is 14.2 Å². The molecule has 15 heavy (non-hydrogen) atoms. The lowest BCUT2D eigenvalue weighted by atomic mass is 9.86. The van der Waals surface area contributed by atoms with Crippen LogP contribution in [-0.4, -0.2) is 56.6 Å². The van der Waals surface area contributed by atoms with E-state index in [4.69, 9.17) is 18.9 Å². The maximum Gasteiger partial charge on any atom is 0.186 e. The SMILES string of the molecule is CO[C@@H]1O[C@@H](C)[C@H](OC)[C@@](C)(O)[C@H]1OC. The Labute approximate surface area is 90.3 Å². The number of hydrogen-bond acceptors (Lipinski definition) is 5. The molecule has 90 valence electrons. The summed E-state index contributed by atoms with van der Waals surface area (Å²) < 4.78 is 21.1. The van der Waals surface area contributed by atoms with Crippen molar-refractivity contribution >= 4 is 0 Å². The Morgan fingerprint density at radius 1 is 1.07 bits per heavy atom. The molecule has 0 amide bonds. The van der Waals surface area contributed by atoms with Crippen LogP contribution in [0.3, 0.4) is 0 Å². The van der Waals surface area contributed by atoms with Gasteiger partial charge in [0.25, 0.3) is 0 Å². The zero-order chi connectivity index (χ0) is 11.6. The van der Waals surface area contributed by atoms with E-state index in [2.05, 4.69) is 0 Å². The van der Waals surface area contributed by atoms with E-state index in [0.717, 1.165) is 0 Å². The van der Waals surface area contributed by atoms with Crippen LogP contribution in [-0.2, 0) is 18.9 Å². The highest BCUT2D eigenvalue weighted by molar-refractivity contribution is 4.99. The Bertz CT molecular complexity index is 206. The zero-order valence-corrected chi connectivity index (χ0v) is 9.89. The van der Waals surface area contributed by atoms with E-state index in [1.807, 2.05) is 6.92 Å². The maximum atomic E-state index is 10.4. The van der Waals surface area contributed by atoms with E-state index < -0.39 is 24.1 Å². The molecule has 0 saturated carbocycles. The van der Waals surface area contributed by atoms with Crippen molar-refractivity contribution in [2.45, 2.75) is 44.1 Å². The second kappa shape index (κ2) is 4.76. The van der Waals surface area contributed by atoms with Crippen LogP contribution in [0.4, 0.5) is 0 Å². The number of methoxy groups -OCH3 is 3. The first-order chi connectivity index (χ1) is 6.98. The second-order valence-corrected chi connectivity index (χ2v) is 3.98. The molecule has 1 N–H and O–H groups in total. The molecular formula is C10H20O5. The van der Waals surface area contributed by atoms with Gasteiger partial charge in [0.1, 0.15) is 17.8 Å². The molecule has 1 aliphatic rings. The Morgan fingerprint density at radius 3 is 2.00 bits per heavy atom. The first kappa shape index (κ1) is 12.9. The molecule has 5 atom stereocenters. The van der Waals surface area contributed by atoms with Crippen LogP contribution in [0.5, 0.6) is 0 Å². The number of ether oxygens (including phenoxy) is 4. The maximum absolute atomic E-state index is 10.4. The molecule has 1 heterocycles. The van der Waals surface area contributed by atoms with Crippen LogP contribution in [0, 0.1) is 0 Å². The van der Waals surface area contributed by atoms with Crippen molar-refractivity contribution in [3.8, 4) is 0 Å².